The highest BCUT2D eigenvalue weighted by atomic mass is 32.1. The number of anilines is 1. The Labute approximate surface area is 148 Å². The van der Waals surface area contributed by atoms with Crippen molar-refractivity contribution in [2.45, 2.75) is 13.3 Å². The molecule has 1 fully saturated rings. The van der Waals surface area contributed by atoms with Crippen molar-refractivity contribution in [2.24, 2.45) is 5.41 Å². The molecule has 1 atom stereocenters. The third-order valence-corrected chi connectivity index (χ3v) is 5.10. The molecule has 25 heavy (non-hydrogen) atoms. The number of likely N-dealkylation sites (tertiary alicyclic amines) is 1. The summed E-state index contributed by atoms with van der Waals surface area (Å²) in [5.74, 6) is -1.43. The molecule has 0 radical (unpaired) electrons. The monoisotopic (exact) mass is 367 g/mol. The summed E-state index contributed by atoms with van der Waals surface area (Å²) >= 11 is 0.918. The first-order valence-electron chi connectivity index (χ1n) is 7.88. The Bertz CT molecular complexity index is 763. The fraction of sp³-hybridized carbons (Fsp3) is 0.438. The van der Waals surface area contributed by atoms with E-state index >= 15 is 0 Å². The molecule has 1 saturated heterocycles. The van der Waals surface area contributed by atoms with Gasteiger partial charge in [0.1, 0.15) is 11.6 Å². The van der Waals surface area contributed by atoms with Crippen LogP contribution in [0.4, 0.5) is 18.7 Å². The zero-order chi connectivity index (χ0) is 18.0. The molecule has 1 aromatic carbocycles. The van der Waals surface area contributed by atoms with Crippen molar-refractivity contribution in [1.82, 2.24) is 20.4 Å². The number of carbonyl (C=O) groups is 1. The maximum Gasteiger partial charge on any atom is 0.321 e. The fourth-order valence-corrected chi connectivity index (χ4v) is 3.71. The number of aromatic nitrogens is 2. The molecule has 0 spiro atoms. The third kappa shape index (κ3) is 4.10. The van der Waals surface area contributed by atoms with Gasteiger partial charge in [-0.3, -0.25) is 5.32 Å². The normalized spacial score (nSPS) is 20.6. The maximum atomic E-state index is 13.8. The summed E-state index contributed by atoms with van der Waals surface area (Å²) in [5.41, 5.74) is -0.204. The average Bonchev–Trinajstić information content (AvgIpc) is 3.13. The van der Waals surface area contributed by atoms with Crippen molar-refractivity contribution in [3.63, 3.8) is 0 Å². The predicted octanol–water partition coefficient (Wildman–Crippen LogP) is 2.95. The number of hydrogen-bond acceptors (Lipinski definition) is 5. The molecule has 6 nitrogen and oxygen atoms in total. The van der Waals surface area contributed by atoms with E-state index in [1.54, 1.807) is 0 Å². The van der Waals surface area contributed by atoms with Gasteiger partial charge in [-0.25, -0.2) is 13.6 Å². The van der Waals surface area contributed by atoms with E-state index in [9.17, 15) is 13.6 Å². The first kappa shape index (κ1) is 17.7. The highest BCUT2D eigenvalue weighted by molar-refractivity contribution is 7.18. The number of halogens is 2. The number of nitrogens with one attached hydrogen (secondary N) is 2. The second kappa shape index (κ2) is 7.01. The van der Waals surface area contributed by atoms with E-state index in [0.29, 0.717) is 6.54 Å². The smallest absolute Gasteiger partial charge is 0.321 e. The van der Waals surface area contributed by atoms with Gasteiger partial charge >= 0.3 is 6.03 Å². The van der Waals surface area contributed by atoms with Crippen LogP contribution in [0.1, 0.15) is 13.3 Å². The van der Waals surface area contributed by atoms with Crippen LogP contribution in [-0.2, 0) is 0 Å². The van der Waals surface area contributed by atoms with E-state index in [2.05, 4.69) is 39.7 Å². The van der Waals surface area contributed by atoms with Crippen molar-refractivity contribution in [1.29, 1.82) is 0 Å². The first-order chi connectivity index (χ1) is 11.9. The number of urea groups is 1. The van der Waals surface area contributed by atoms with Crippen LogP contribution in [0.3, 0.4) is 0 Å². The molecule has 0 aliphatic carbocycles. The molecule has 134 valence electrons. The molecule has 1 unspecified atom stereocenters. The lowest BCUT2D eigenvalue weighted by atomic mass is 9.90. The van der Waals surface area contributed by atoms with Crippen LogP contribution in [0.15, 0.2) is 18.2 Å². The van der Waals surface area contributed by atoms with Gasteiger partial charge in [0.25, 0.3) is 0 Å². The van der Waals surface area contributed by atoms with Crippen molar-refractivity contribution in [3.05, 3.63) is 29.8 Å². The molecule has 2 aromatic rings. The quantitative estimate of drug-likeness (QED) is 0.872. The average molecular weight is 367 g/mol. The van der Waals surface area contributed by atoms with Gasteiger partial charge in [0.15, 0.2) is 5.01 Å². The Morgan fingerprint density at radius 3 is 2.72 bits per heavy atom. The number of carbonyl (C=O) groups excluding carboxylic acids is 1. The lowest BCUT2D eigenvalue weighted by molar-refractivity contribution is 0.241. The van der Waals surface area contributed by atoms with Gasteiger partial charge in [-0.15, -0.1) is 10.2 Å². The highest BCUT2D eigenvalue weighted by Crippen LogP contribution is 2.31. The Morgan fingerprint density at radius 1 is 1.36 bits per heavy atom. The van der Waals surface area contributed by atoms with Crippen LogP contribution >= 0.6 is 11.3 Å². The first-order valence-corrected chi connectivity index (χ1v) is 8.69. The number of hydrogen-bond donors (Lipinski definition) is 2. The highest BCUT2D eigenvalue weighted by Gasteiger charge is 2.32. The summed E-state index contributed by atoms with van der Waals surface area (Å²) in [6.45, 7) is 4.59. The molecular formula is C16H19F2N5OS. The van der Waals surface area contributed by atoms with Crippen LogP contribution in [-0.4, -0.2) is 47.8 Å². The Hall–Kier alpha value is -2.13. The fourth-order valence-electron chi connectivity index (χ4n) is 2.93. The Kier molecular flexibility index (Phi) is 4.96. The summed E-state index contributed by atoms with van der Waals surface area (Å²) in [4.78, 5) is 14.2. The molecule has 1 aromatic heterocycles. The van der Waals surface area contributed by atoms with E-state index in [-0.39, 0.29) is 21.1 Å². The van der Waals surface area contributed by atoms with Gasteiger partial charge in [0.2, 0.25) is 5.13 Å². The topological polar surface area (TPSA) is 70.2 Å². The van der Waals surface area contributed by atoms with Crippen molar-refractivity contribution < 1.29 is 13.6 Å². The van der Waals surface area contributed by atoms with Crippen LogP contribution in [0.2, 0.25) is 0 Å². The van der Waals surface area contributed by atoms with Gasteiger partial charge in [-0.2, -0.15) is 0 Å². The Balaban J connectivity index is 1.61. The molecular weight excluding hydrogens is 348 g/mol. The number of rotatable bonds is 4. The SMILES string of the molecule is CN1CCC(C)(CNC(=O)Nc2nnc(-c3c(F)cccc3F)s2)C1. The van der Waals surface area contributed by atoms with Gasteiger partial charge < -0.3 is 10.2 Å². The lowest BCUT2D eigenvalue weighted by Crippen LogP contribution is -2.39. The molecule has 9 heteroatoms. The van der Waals surface area contributed by atoms with E-state index in [1.165, 1.54) is 6.07 Å². The van der Waals surface area contributed by atoms with E-state index in [1.807, 2.05) is 0 Å². The summed E-state index contributed by atoms with van der Waals surface area (Å²) in [6.07, 6.45) is 1.01. The third-order valence-electron chi connectivity index (χ3n) is 4.25. The van der Waals surface area contributed by atoms with Crippen LogP contribution in [0.25, 0.3) is 10.6 Å². The summed E-state index contributed by atoms with van der Waals surface area (Å²) in [7, 11) is 2.05. The van der Waals surface area contributed by atoms with Crippen molar-refractivity contribution in [2.75, 3.05) is 32.0 Å². The number of nitrogens with zero attached hydrogens (tertiary/aromatic N) is 3. The number of benzene rings is 1. The largest absolute Gasteiger partial charge is 0.337 e. The number of amides is 2. The van der Waals surface area contributed by atoms with E-state index in [4.69, 9.17) is 0 Å². The van der Waals surface area contributed by atoms with Gasteiger partial charge in [0, 0.05) is 13.1 Å². The van der Waals surface area contributed by atoms with Crippen molar-refractivity contribution in [3.8, 4) is 10.6 Å². The lowest BCUT2D eigenvalue weighted by Gasteiger charge is -2.23. The predicted molar refractivity (Wildman–Crippen MR) is 92.5 cm³/mol. The Morgan fingerprint density at radius 2 is 2.08 bits per heavy atom. The van der Waals surface area contributed by atoms with Gasteiger partial charge in [0.05, 0.1) is 5.56 Å². The van der Waals surface area contributed by atoms with Gasteiger partial charge in [-0.1, -0.05) is 24.3 Å². The molecule has 3 rings (SSSR count). The molecule has 2 heterocycles. The molecule has 1 aliphatic heterocycles. The molecule has 2 amide bonds. The van der Waals surface area contributed by atoms with Crippen LogP contribution < -0.4 is 10.6 Å². The van der Waals surface area contributed by atoms with Gasteiger partial charge in [-0.05, 0) is 37.6 Å². The van der Waals surface area contributed by atoms with Crippen LogP contribution in [0, 0.1) is 17.0 Å². The van der Waals surface area contributed by atoms with E-state index in [0.717, 1.165) is 43.0 Å². The molecule has 0 bridgehead atoms. The zero-order valence-electron chi connectivity index (χ0n) is 14.0. The minimum Gasteiger partial charge on any atom is -0.337 e. The van der Waals surface area contributed by atoms with Crippen molar-refractivity contribution >= 4 is 22.5 Å². The molecule has 0 saturated carbocycles. The minimum atomic E-state index is -0.717. The molecule has 1 aliphatic rings. The summed E-state index contributed by atoms with van der Waals surface area (Å²) in [5, 5.41) is 13.2. The van der Waals surface area contributed by atoms with Crippen LogP contribution in [0.5, 0.6) is 0 Å². The minimum absolute atomic E-state index is 0.0364. The summed E-state index contributed by atoms with van der Waals surface area (Å²) < 4.78 is 27.5. The van der Waals surface area contributed by atoms with E-state index < -0.39 is 17.7 Å². The second-order valence-electron chi connectivity index (χ2n) is 6.62. The maximum absolute atomic E-state index is 13.8. The zero-order valence-corrected chi connectivity index (χ0v) is 14.8. The second-order valence-corrected chi connectivity index (χ2v) is 7.59. The molecule has 2 N–H and O–H groups in total. The summed E-state index contributed by atoms with van der Waals surface area (Å²) in [6, 6.07) is 3.17. The standard InChI is InChI=1S/C16H19F2N5OS/c1-16(6-7-23(2)9-16)8-19-14(24)20-15-22-21-13(25-15)12-10(17)4-3-5-11(12)18/h3-5H,6-9H2,1-2H3,(H2,19,20,22,24).